The van der Waals surface area contributed by atoms with E-state index in [1.54, 1.807) is 23.5 Å². The zero-order valence-electron chi connectivity index (χ0n) is 24.2. The third-order valence-corrected chi connectivity index (χ3v) is 7.13. The second kappa shape index (κ2) is 19.4. The summed E-state index contributed by atoms with van der Waals surface area (Å²) in [5.74, 6) is 5.67. The summed E-state index contributed by atoms with van der Waals surface area (Å²) in [6, 6.07) is 0. The van der Waals surface area contributed by atoms with Gasteiger partial charge < -0.3 is 38.1 Å². The molecule has 0 aliphatic carbocycles. The van der Waals surface area contributed by atoms with E-state index in [-0.39, 0.29) is 5.95 Å². The van der Waals surface area contributed by atoms with Crippen molar-refractivity contribution in [1.82, 2.24) is 55.5 Å². The van der Waals surface area contributed by atoms with Gasteiger partial charge >= 0.3 is 0 Å². The number of thioether (sulfide) groups is 3. The van der Waals surface area contributed by atoms with Crippen LogP contribution < -0.4 is 38.1 Å². The van der Waals surface area contributed by atoms with Gasteiger partial charge in [0.15, 0.2) is 15.5 Å². The molecule has 0 radical (unpaired) electrons. The molecule has 0 saturated carbocycles. The molecule has 42 heavy (non-hydrogen) atoms. The Bertz CT molecular complexity index is 1220. The molecular weight excluding hydrogens is 597 g/mol. The topological polar surface area (TPSA) is 228 Å². The minimum atomic E-state index is 0.202. The van der Waals surface area contributed by atoms with Crippen molar-refractivity contribution in [2.75, 3.05) is 78.2 Å². The molecule has 3 aromatic heterocycles. The molecule has 0 fully saturated rings. The number of nitrogens with zero attached hydrogens (tertiary/aromatic N) is 9. The predicted molar refractivity (Wildman–Crippen MR) is 171 cm³/mol. The van der Waals surface area contributed by atoms with Crippen LogP contribution in [0.5, 0.6) is 0 Å². The molecule has 0 bridgehead atoms. The second-order valence-corrected chi connectivity index (χ2v) is 11.9. The van der Waals surface area contributed by atoms with Crippen molar-refractivity contribution < 1.29 is 0 Å². The monoisotopic (exact) mass is 636 g/mol. The molecule has 0 saturated heterocycles. The van der Waals surface area contributed by atoms with Gasteiger partial charge in [-0.3, -0.25) is 0 Å². The van der Waals surface area contributed by atoms with Gasteiger partial charge in [-0.05, 0) is 17.3 Å². The maximum atomic E-state index is 5.78. The van der Waals surface area contributed by atoms with Crippen molar-refractivity contribution in [2.24, 2.45) is 5.73 Å². The average molecular weight is 637 g/mol. The Morgan fingerprint density at radius 1 is 0.524 bits per heavy atom. The first-order chi connectivity index (χ1) is 20.5. The first-order valence-electron chi connectivity index (χ1n) is 13.8. The highest BCUT2D eigenvalue weighted by Gasteiger charge is 2.09. The highest BCUT2D eigenvalue weighted by molar-refractivity contribution is 7.99. The summed E-state index contributed by atoms with van der Waals surface area (Å²) < 4.78 is 0. The second-order valence-electron chi connectivity index (χ2n) is 8.24. The largest absolute Gasteiger partial charge is 0.368 e. The molecule has 0 aliphatic heterocycles. The maximum Gasteiger partial charge on any atom is 0.228 e. The van der Waals surface area contributed by atoms with Crippen LogP contribution in [0.1, 0.15) is 32.4 Å². The van der Waals surface area contributed by atoms with Crippen molar-refractivity contribution in [2.45, 2.75) is 49.3 Å². The van der Waals surface area contributed by atoms with Gasteiger partial charge in [-0.1, -0.05) is 56.1 Å². The van der Waals surface area contributed by atoms with Gasteiger partial charge in [-0.15, -0.1) is 0 Å². The van der Waals surface area contributed by atoms with Crippen LogP contribution in [0.3, 0.4) is 0 Å². The fourth-order valence-corrected chi connectivity index (χ4v) is 4.98. The number of aromatic nitrogens is 9. The smallest absolute Gasteiger partial charge is 0.228 e. The quantitative estimate of drug-likeness (QED) is 0.0637. The summed E-state index contributed by atoms with van der Waals surface area (Å²) >= 11 is 4.66. The highest BCUT2D eigenvalue weighted by Crippen LogP contribution is 2.16. The van der Waals surface area contributed by atoms with Crippen LogP contribution in [0.15, 0.2) is 15.5 Å². The Hall–Kier alpha value is -2.84. The highest BCUT2D eigenvalue weighted by atomic mass is 32.2. The van der Waals surface area contributed by atoms with E-state index >= 15 is 0 Å². The van der Waals surface area contributed by atoms with Crippen molar-refractivity contribution >= 4 is 59.1 Å². The predicted octanol–water partition coefficient (Wildman–Crippen LogP) is 0.934. The van der Waals surface area contributed by atoms with Crippen LogP contribution in [0, 0.1) is 0 Å². The molecule has 230 valence electrons. The molecule has 3 rings (SSSR count). The van der Waals surface area contributed by atoms with Crippen LogP contribution in [0.2, 0.25) is 0 Å². The standard InChI is InChI=1S/C23H40N16S3/c1-4-40-21-33-15(31-18(37-21)28-8-7-24)13-26-9-11-29-19-32-16(34-22(38-19)41-5-2)14-27-10-12-30-20-35-17(25)36-23(39-20)42-6-3/h26-27H,4-14,24H2,1-3H3,(H,28,31,33,37)(H,29,32,34,38)(H3,25,30,35,36,39). The van der Waals surface area contributed by atoms with Gasteiger partial charge in [0.05, 0.1) is 13.1 Å². The van der Waals surface area contributed by atoms with E-state index in [4.69, 9.17) is 11.5 Å². The third-order valence-electron chi connectivity index (χ3n) is 4.94. The lowest BCUT2D eigenvalue weighted by atomic mass is 10.5. The van der Waals surface area contributed by atoms with Gasteiger partial charge in [-0.25, -0.2) is 9.97 Å². The lowest BCUT2D eigenvalue weighted by molar-refractivity contribution is 0.648. The van der Waals surface area contributed by atoms with Crippen molar-refractivity contribution in [3.05, 3.63) is 11.6 Å². The summed E-state index contributed by atoms with van der Waals surface area (Å²) in [4.78, 5) is 39.7. The van der Waals surface area contributed by atoms with Crippen molar-refractivity contribution in [3.63, 3.8) is 0 Å². The molecule has 0 unspecified atom stereocenters. The van der Waals surface area contributed by atoms with Crippen molar-refractivity contribution in [1.29, 1.82) is 0 Å². The summed E-state index contributed by atoms with van der Waals surface area (Å²) in [6.07, 6.45) is 0. The molecule has 0 aliphatic rings. The fourth-order valence-electron chi connectivity index (χ4n) is 3.25. The normalized spacial score (nSPS) is 11.0. The Balaban J connectivity index is 1.45. The van der Waals surface area contributed by atoms with E-state index in [0.717, 1.165) is 17.3 Å². The molecule has 3 aromatic rings. The number of nitrogen functional groups attached to an aromatic ring is 1. The van der Waals surface area contributed by atoms with Crippen LogP contribution >= 0.6 is 35.3 Å². The Kier molecular flexibility index (Phi) is 15.5. The van der Waals surface area contributed by atoms with E-state index in [1.165, 1.54) is 11.8 Å². The van der Waals surface area contributed by atoms with Gasteiger partial charge in [-0.2, -0.15) is 34.9 Å². The van der Waals surface area contributed by atoms with E-state index < -0.39 is 0 Å². The van der Waals surface area contributed by atoms with Gasteiger partial charge in [0.2, 0.25) is 23.8 Å². The zero-order valence-corrected chi connectivity index (χ0v) is 26.6. The molecule has 19 heteroatoms. The number of hydrogen-bond acceptors (Lipinski definition) is 19. The van der Waals surface area contributed by atoms with Crippen LogP contribution in [0.25, 0.3) is 0 Å². The van der Waals surface area contributed by atoms with Gasteiger partial charge in [0, 0.05) is 39.3 Å². The maximum absolute atomic E-state index is 5.78. The molecule has 16 nitrogen and oxygen atoms in total. The lowest BCUT2D eigenvalue weighted by Crippen LogP contribution is -2.25. The molecule has 0 amide bonds. The minimum absolute atomic E-state index is 0.202. The molecule has 0 atom stereocenters. The lowest BCUT2D eigenvalue weighted by Gasteiger charge is -2.11. The third kappa shape index (κ3) is 12.6. The summed E-state index contributed by atoms with van der Waals surface area (Å²) in [6.45, 7) is 10.8. The zero-order chi connectivity index (χ0) is 30.0. The van der Waals surface area contributed by atoms with Crippen LogP contribution in [0.4, 0.5) is 23.8 Å². The number of hydrogen-bond donors (Lipinski definition) is 7. The average Bonchev–Trinajstić information content (AvgIpc) is 2.96. The van der Waals surface area contributed by atoms with E-state index in [9.17, 15) is 0 Å². The Labute approximate surface area is 258 Å². The van der Waals surface area contributed by atoms with E-state index in [1.807, 2.05) is 6.92 Å². The van der Waals surface area contributed by atoms with Gasteiger partial charge in [0.25, 0.3) is 0 Å². The summed E-state index contributed by atoms with van der Waals surface area (Å²) in [7, 11) is 0. The molecule has 0 spiro atoms. The van der Waals surface area contributed by atoms with E-state index in [2.05, 4.69) is 85.3 Å². The molecule has 3 heterocycles. The van der Waals surface area contributed by atoms with Crippen molar-refractivity contribution in [3.8, 4) is 0 Å². The first kappa shape index (κ1) is 33.7. The number of nitrogens with one attached hydrogen (secondary N) is 5. The summed E-state index contributed by atoms with van der Waals surface area (Å²) in [5.41, 5.74) is 11.4. The Morgan fingerprint density at radius 2 is 0.952 bits per heavy atom. The summed E-state index contributed by atoms with van der Waals surface area (Å²) in [5, 5.41) is 18.3. The van der Waals surface area contributed by atoms with E-state index in [0.29, 0.717) is 97.3 Å². The number of nitrogens with two attached hydrogens (primary N) is 2. The SMILES string of the molecule is CCSc1nc(N)nc(NCCNCc2nc(NCCNCc3nc(NCCN)nc(SCC)n3)nc(SCC)n2)n1. The van der Waals surface area contributed by atoms with Crippen LogP contribution in [-0.4, -0.2) is 101 Å². The van der Waals surface area contributed by atoms with Gasteiger partial charge in [0.1, 0.15) is 11.6 Å². The number of rotatable bonds is 21. The molecule has 9 N–H and O–H groups in total. The minimum Gasteiger partial charge on any atom is -0.368 e. The first-order valence-corrected chi connectivity index (χ1v) is 16.7. The molecular formula is C23H40N16S3. The molecule has 0 aromatic carbocycles. The fraction of sp³-hybridized carbons (Fsp3) is 0.609. The number of anilines is 4. The van der Waals surface area contributed by atoms with Crippen LogP contribution in [-0.2, 0) is 13.1 Å². The Morgan fingerprint density at radius 3 is 1.40 bits per heavy atom.